The van der Waals surface area contributed by atoms with Crippen molar-refractivity contribution in [2.75, 3.05) is 13.3 Å². The van der Waals surface area contributed by atoms with Crippen molar-refractivity contribution in [1.82, 2.24) is 5.73 Å². The molecule has 0 aliphatic heterocycles. The van der Waals surface area contributed by atoms with Gasteiger partial charge in [-0.3, -0.25) is 0 Å². The number of rotatable bonds is 6. The monoisotopic (exact) mass is 496 g/mol. The quantitative estimate of drug-likeness (QED) is 0.453. The zero-order valence-electron chi connectivity index (χ0n) is 9.82. The molecule has 0 bridgehead atoms. The van der Waals surface area contributed by atoms with Crippen LogP contribution >= 0.6 is 8.38 Å². The molecule has 4 nitrogen and oxygen atoms in total. The molecule has 1 atom stereocenters. The molecule has 6 heteroatoms. The van der Waals surface area contributed by atoms with Gasteiger partial charge in [-0.1, -0.05) is 0 Å². The van der Waals surface area contributed by atoms with Crippen LogP contribution in [-0.2, 0) is 9.05 Å². The molecule has 0 aromatic heterocycles. The minimum absolute atomic E-state index is 0.373. The Bertz CT molecular complexity index is 229. The first-order valence-electron chi connectivity index (χ1n) is 5.69. The average molecular weight is 496 g/mol. The molecular formula is C10H18N2O2PRf. The Hall–Kier alpha value is -1.20. The van der Waals surface area contributed by atoms with Crippen molar-refractivity contribution in [3.05, 3.63) is 0 Å². The Morgan fingerprint density at radius 3 is 2.69 bits per heavy atom. The number of nitrogens with one attached hydrogen (secondary N) is 1. The van der Waals surface area contributed by atoms with E-state index in [0.717, 1.165) is 18.9 Å². The zero-order chi connectivity index (χ0) is 11.8. The number of nitriles is 1. The molecule has 0 radical (unpaired) electrons. The molecule has 0 amide bonds. The number of hydrogen-bond donors (Lipinski definition) is 1. The van der Waals surface area contributed by atoms with Crippen molar-refractivity contribution in [3.8, 4) is 6.07 Å². The first-order valence-corrected chi connectivity index (χ1v) is 10.5. The molecule has 16 heavy (non-hydrogen) atoms. The van der Waals surface area contributed by atoms with Crippen molar-refractivity contribution in [1.29, 1.82) is 5.26 Å². The summed E-state index contributed by atoms with van der Waals surface area (Å²) in [5.41, 5.74) is 3.51. The second-order valence-corrected chi connectivity index (χ2v) is 7.16. The van der Waals surface area contributed by atoms with E-state index in [1.54, 1.807) is 0 Å². The standard InChI is InChI=1S/C10H18N2O2P.Rf/c1-15(13-8-2-7-11)14-10-5-3-9(12)4-6-10;/h9-10,12H,2-6,8H2,1H3;/q-1;+1. The van der Waals surface area contributed by atoms with Gasteiger partial charge in [-0.25, -0.2) is 0 Å². The van der Waals surface area contributed by atoms with Crippen LogP contribution in [0.1, 0.15) is 32.1 Å². The summed E-state index contributed by atoms with van der Waals surface area (Å²) < 4.78 is 11.9. The van der Waals surface area contributed by atoms with Crippen LogP contribution in [0.5, 0.6) is 0 Å². The van der Waals surface area contributed by atoms with E-state index in [-0.39, 0.29) is 0 Å². The van der Waals surface area contributed by atoms with Gasteiger partial charge >= 0.3 is 92.0 Å². The Morgan fingerprint density at radius 1 is 1.44 bits per heavy atom. The summed E-state index contributed by atoms with van der Waals surface area (Å²) in [5, 5.41) is 8.39. The summed E-state index contributed by atoms with van der Waals surface area (Å²) in [6.07, 6.45) is 5.59. The molecular weight excluding hydrogens is 478 g/mol. The van der Waals surface area contributed by atoms with Crippen LogP contribution in [-0.4, -0.2) is 25.4 Å². The van der Waals surface area contributed by atoms with Gasteiger partial charge in [0.1, 0.15) is 0 Å². The second-order valence-electron chi connectivity index (χ2n) is 3.96. The normalized spacial score (nSPS) is 27.4. The van der Waals surface area contributed by atoms with Gasteiger partial charge in [-0.15, -0.1) is 0 Å². The van der Waals surface area contributed by atoms with Crippen LogP contribution < -0.4 is 5.73 Å². The van der Waals surface area contributed by atoms with E-state index >= 15 is 0 Å². The van der Waals surface area contributed by atoms with E-state index in [0.29, 0.717) is 19.1 Å². The maximum atomic E-state index is 8.39. The van der Waals surface area contributed by atoms with Gasteiger partial charge in [0.05, 0.1) is 0 Å². The second kappa shape index (κ2) is 7.14. The van der Waals surface area contributed by atoms with Gasteiger partial charge in [0.2, 0.25) is 0 Å². The predicted molar refractivity (Wildman–Crippen MR) is 59.3 cm³/mol. The van der Waals surface area contributed by atoms with E-state index in [9.17, 15) is 0 Å². The Kier molecular flexibility index (Phi) is 5.74. The molecule has 1 aliphatic carbocycles. The van der Waals surface area contributed by atoms with Crippen molar-refractivity contribution in [2.24, 2.45) is 0 Å². The van der Waals surface area contributed by atoms with Crippen molar-refractivity contribution >= 4 is 8.38 Å². The minimum atomic E-state index is -0.792. The first kappa shape index (κ1) is 12.9. The van der Waals surface area contributed by atoms with Crippen molar-refractivity contribution in [2.45, 2.75) is 44.2 Å². The first-order chi connectivity index (χ1) is 7.76. The van der Waals surface area contributed by atoms with E-state index in [1.807, 2.05) is 6.66 Å². The van der Waals surface area contributed by atoms with Crippen LogP contribution in [0.3, 0.4) is 0 Å². The van der Waals surface area contributed by atoms with Crippen LogP contribution in [0.4, 0.5) is 0 Å². The van der Waals surface area contributed by atoms with Gasteiger partial charge in [-0.2, -0.15) is 0 Å². The summed E-state index contributed by atoms with van der Waals surface area (Å²) in [6, 6.07) is 2.82. The summed E-state index contributed by atoms with van der Waals surface area (Å²) in [6.45, 7) is 2.48. The fourth-order valence-electron chi connectivity index (χ4n) is 1.83. The average Bonchev–Trinajstić information content (AvgIpc) is 2.30. The Balaban J connectivity index is 2.11. The fraction of sp³-hybridized carbons (Fsp3) is 0.900. The molecule has 1 unspecified atom stereocenters. The molecule has 0 heterocycles. The Morgan fingerprint density at radius 2 is 2.12 bits per heavy atom. The fourth-order valence-corrected chi connectivity index (χ4v) is 4.72. The van der Waals surface area contributed by atoms with Gasteiger partial charge in [0.25, 0.3) is 0 Å². The van der Waals surface area contributed by atoms with Crippen LogP contribution in [0.25, 0.3) is 0 Å². The van der Waals surface area contributed by atoms with E-state index in [1.165, 1.54) is 12.8 Å². The predicted octanol–water partition coefficient (Wildman–Crippen LogP) is 2.24. The molecule has 0 aromatic rings. The molecule has 0 spiro atoms. The zero-order valence-corrected chi connectivity index (χ0v) is 17.1. The third kappa shape index (κ3) is 4.55. The third-order valence-corrected chi connectivity index (χ3v) is 6.50. The van der Waals surface area contributed by atoms with Crippen LogP contribution in [0.15, 0.2) is 0 Å². The molecule has 1 fully saturated rings. The molecule has 1 rings (SSSR count). The summed E-state index contributed by atoms with van der Waals surface area (Å²) >= 11 is 0. The molecule has 1 aliphatic rings. The molecule has 0 aromatic carbocycles. The molecule has 87 valence electrons. The van der Waals surface area contributed by atoms with Crippen LogP contribution in [0, 0.1) is 11.3 Å². The van der Waals surface area contributed by atoms with Crippen molar-refractivity contribution < 1.29 is 9.05 Å². The topological polar surface area (TPSA) is 54.3 Å². The van der Waals surface area contributed by atoms with E-state index in [4.69, 9.17) is 14.3 Å². The van der Waals surface area contributed by atoms with Crippen molar-refractivity contribution in [3.63, 3.8) is 0 Å². The molecule has 1 saturated carbocycles. The summed E-state index contributed by atoms with van der Waals surface area (Å²) in [7, 11) is -0.792. The third-order valence-electron chi connectivity index (χ3n) is 2.75. The number of hydrogen-bond acceptors (Lipinski definition) is 4. The summed E-state index contributed by atoms with van der Waals surface area (Å²) in [5.74, 6) is 0. The Labute approximate surface area is 92.7 Å². The van der Waals surface area contributed by atoms with E-state index in [2.05, 4.69) is 11.8 Å². The van der Waals surface area contributed by atoms with Gasteiger partial charge < -0.3 is 0 Å². The van der Waals surface area contributed by atoms with Gasteiger partial charge in [0.15, 0.2) is 0 Å². The van der Waals surface area contributed by atoms with Gasteiger partial charge in [-0.05, 0) is 0 Å². The van der Waals surface area contributed by atoms with E-state index < -0.39 is 8.38 Å². The maximum absolute atomic E-state index is 8.39. The van der Waals surface area contributed by atoms with Gasteiger partial charge in [0, 0.05) is 0 Å². The molecule has 0 saturated heterocycles. The number of nitrogens with zero attached hydrogens (tertiary/aromatic N) is 1. The SMILES string of the molecule is CP(OCCC#N)OC1CCC([NH][Rf])CC1. The summed E-state index contributed by atoms with van der Waals surface area (Å²) in [4.78, 5) is 0. The molecule has 1 N–H and O–H groups in total. The van der Waals surface area contributed by atoms with Crippen LogP contribution in [0.2, 0.25) is 0 Å².